The van der Waals surface area contributed by atoms with Gasteiger partial charge in [0.2, 0.25) is 12.7 Å². The van der Waals surface area contributed by atoms with Crippen molar-refractivity contribution in [2.75, 3.05) is 6.79 Å². The number of hydrogen-bond donors (Lipinski definition) is 2. The van der Waals surface area contributed by atoms with Gasteiger partial charge in [0.1, 0.15) is 0 Å². The van der Waals surface area contributed by atoms with Gasteiger partial charge in [-0.3, -0.25) is 14.2 Å². The van der Waals surface area contributed by atoms with E-state index in [0.29, 0.717) is 32.7 Å². The summed E-state index contributed by atoms with van der Waals surface area (Å²) in [6.45, 7) is 0.278. The highest BCUT2D eigenvalue weighted by atomic mass is 32.1. The fourth-order valence-corrected chi connectivity index (χ4v) is 5.86. The molecule has 0 unspecified atom stereocenters. The smallest absolute Gasteiger partial charge is 0.281 e. The molecule has 3 heterocycles. The maximum atomic E-state index is 13.2. The molecule has 1 aliphatic heterocycles. The number of amides is 1. The van der Waals surface area contributed by atoms with Gasteiger partial charge in [0.15, 0.2) is 11.5 Å². The molecule has 8 nitrogen and oxygen atoms in total. The van der Waals surface area contributed by atoms with Crippen LogP contribution >= 0.6 is 11.3 Å². The van der Waals surface area contributed by atoms with Gasteiger partial charge in [-0.1, -0.05) is 24.3 Å². The standard InChI is InChI=1S/C27H23N3O5S/c31-25(24-12-17-5-1-4-8-23(17)36-24)29-28-13-20-18-6-2-3-7-19(18)26(32)30(27(20)33)14-16-9-10-21-22(11-16)35-15-34-21/h2-3,6-7,9-13,33H,1,4-5,8,14-15H2,(H,29,31). The van der Waals surface area contributed by atoms with Crippen LogP contribution in [0.5, 0.6) is 17.4 Å². The maximum absolute atomic E-state index is 13.2. The summed E-state index contributed by atoms with van der Waals surface area (Å²) in [5.41, 5.74) is 4.61. The highest BCUT2D eigenvalue weighted by molar-refractivity contribution is 7.14. The fourth-order valence-electron chi connectivity index (χ4n) is 4.72. The minimum Gasteiger partial charge on any atom is -0.494 e. The number of aromatic nitrogens is 1. The minimum atomic E-state index is -0.328. The lowest BCUT2D eigenvalue weighted by Gasteiger charge is -2.14. The Morgan fingerprint density at radius 3 is 2.75 bits per heavy atom. The highest BCUT2D eigenvalue weighted by Gasteiger charge is 2.19. The number of aryl methyl sites for hydroxylation is 2. The second-order valence-corrected chi connectivity index (χ2v) is 9.96. The second-order valence-electron chi connectivity index (χ2n) is 8.83. The molecule has 0 bridgehead atoms. The van der Waals surface area contributed by atoms with Gasteiger partial charge in [-0.25, -0.2) is 5.43 Å². The van der Waals surface area contributed by atoms with Crippen molar-refractivity contribution in [1.29, 1.82) is 0 Å². The molecule has 2 aromatic carbocycles. The van der Waals surface area contributed by atoms with Gasteiger partial charge in [-0.15, -0.1) is 11.3 Å². The number of aromatic hydroxyl groups is 1. The monoisotopic (exact) mass is 501 g/mol. The van der Waals surface area contributed by atoms with Gasteiger partial charge in [0, 0.05) is 15.6 Å². The maximum Gasteiger partial charge on any atom is 0.281 e. The molecular weight excluding hydrogens is 478 g/mol. The third-order valence-electron chi connectivity index (χ3n) is 6.55. The van der Waals surface area contributed by atoms with Crippen LogP contribution in [0.4, 0.5) is 0 Å². The Labute approximate surface area is 210 Å². The molecule has 9 heteroatoms. The number of thiophene rings is 1. The Morgan fingerprint density at radius 1 is 1.08 bits per heavy atom. The predicted octanol–water partition coefficient (Wildman–Crippen LogP) is 4.19. The van der Waals surface area contributed by atoms with Crippen molar-refractivity contribution in [3.05, 3.63) is 85.3 Å². The Morgan fingerprint density at radius 2 is 1.89 bits per heavy atom. The summed E-state index contributed by atoms with van der Waals surface area (Å²) < 4.78 is 12.1. The molecule has 1 amide bonds. The summed E-state index contributed by atoms with van der Waals surface area (Å²) in [5, 5.41) is 16.2. The van der Waals surface area contributed by atoms with Crippen LogP contribution < -0.4 is 20.5 Å². The molecule has 2 N–H and O–H groups in total. The van der Waals surface area contributed by atoms with E-state index in [-0.39, 0.29) is 30.7 Å². The number of carbonyl (C=O) groups excluding carboxylic acids is 1. The van der Waals surface area contributed by atoms with Crippen LogP contribution in [0.3, 0.4) is 0 Å². The Bertz CT molecular complexity index is 1560. The minimum absolute atomic E-state index is 0.125. The topological polar surface area (TPSA) is 102 Å². The zero-order chi connectivity index (χ0) is 24.6. The largest absolute Gasteiger partial charge is 0.494 e. The molecule has 4 aromatic rings. The summed E-state index contributed by atoms with van der Waals surface area (Å²) in [5.74, 6) is 0.716. The first kappa shape index (κ1) is 22.4. The van der Waals surface area contributed by atoms with Crippen molar-refractivity contribution in [2.45, 2.75) is 32.2 Å². The molecule has 2 aromatic heterocycles. The van der Waals surface area contributed by atoms with Crippen LogP contribution in [0.2, 0.25) is 0 Å². The first-order chi connectivity index (χ1) is 17.6. The van der Waals surface area contributed by atoms with Gasteiger partial charge < -0.3 is 14.6 Å². The van der Waals surface area contributed by atoms with Crippen LogP contribution in [0, 0.1) is 0 Å². The third-order valence-corrected chi connectivity index (χ3v) is 7.78. The molecule has 182 valence electrons. The van der Waals surface area contributed by atoms with Crippen molar-refractivity contribution in [2.24, 2.45) is 5.10 Å². The fraction of sp³-hybridized carbons (Fsp3) is 0.222. The molecule has 0 saturated heterocycles. The molecule has 0 saturated carbocycles. The molecule has 0 spiro atoms. The second kappa shape index (κ2) is 9.16. The van der Waals surface area contributed by atoms with Crippen LogP contribution in [-0.4, -0.2) is 28.6 Å². The van der Waals surface area contributed by atoms with E-state index in [4.69, 9.17) is 9.47 Å². The molecule has 1 aliphatic carbocycles. The van der Waals surface area contributed by atoms with Crippen LogP contribution in [-0.2, 0) is 19.4 Å². The van der Waals surface area contributed by atoms with Crippen molar-refractivity contribution in [3.63, 3.8) is 0 Å². The number of benzene rings is 2. The van der Waals surface area contributed by atoms with E-state index >= 15 is 0 Å². The average Bonchev–Trinajstić information content (AvgIpc) is 3.55. The zero-order valence-electron chi connectivity index (χ0n) is 19.3. The summed E-state index contributed by atoms with van der Waals surface area (Å²) >= 11 is 1.51. The van der Waals surface area contributed by atoms with E-state index in [2.05, 4.69) is 10.5 Å². The molecule has 6 rings (SSSR count). The third kappa shape index (κ3) is 4.01. The van der Waals surface area contributed by atoms with Crippen molar-refractivity contribution >= 4 is 34.2 Å². The number of nitrogens with zero attached hydrogens (tertiary/aromatic N) is 2. The number of ether oxygens (including phenoxy) is 2. The van der Waals surface area contributed by atoms with Gasteiger partial charge in [0.25, 0.3) is 11.5 Å². The van der Waals surface area contributed by atoms with E-state index in [9.17, 15) is 14.7 Å². The quantitative estimate of drug-likeness (QED) is 0.315. The summed E-state index contributed by atoms with van der Waals surface area (Å²) in [7, 11) is 0. The first-order valence-electron chi connectivity index (χ1n) is 11.8. The number of hydrazone groups is 1. The van der Waals surface area contributed by atoms with E-state index in [1.54, 1.807) is 36.4 Å². The number of nitrogens with one attached hydrogen (secondary N) is 1. The average molecular weight is 502 g/mol. The van der Waals surface area contributed by atoms with Crippen molar-refractivity contribution in [1.82, 2.24) is 9.99 Å². The molecule has 36 heavy (non-hydrogen) atoms. The summed E-state index contributed by atoms with van der Waals surface area (Å²) in [6.07, 6.45) is 5.71. The van der Waals surface area contributed by atoms with E-state index in [1.807, 2.05) is 12.1 Å². The lowest BCUT2D eigenvalue weighted by molar-refractivity contribution is 0.0959. The number of hydrogen-bond acceptors (Lipinski definition) is 7. The Hall–Kier alpha value is -4.11. The van der Waals surface area contributed by atoms with Gasteiger partial charge in [0.05, 0.1) is 23.2 Å². The predicted molar refractivity (Wildman–Crippen MR) is 138 cm³/mol. The van der Waals surface area contributed by atoms with E-state index < -0.39 is 0 Å². The molecule has 0 atom stereocenters. The van der Waals surface area contributed by atoms with Crippen molar-refractivity contribution in [3.8, 4) is 17.4 Å². The van der Waals surface area contributed by atoms with E-state index in [1.165, 1.54) is 32.6 Å². The highest BCUT2D eigenvalue weighted by Crippen LogP contribution is 2.33. The van der Waals surface area contributed by atoms with Gasteiger partial charge in [-0.05, 0) is 61.1 Å². The number of pyridine rings is 1. The molecule has 0 radical (unpaired) electrons. The number of fused-ring (bicyclic) bond motifs is 3. The number of carbonyl (C=O) groups is 1. The lowest BCUT2D eigenvalue weighted by Crippen LogP contribution is -2.22. The summed E-state index contributed by atoms with van der Waals surface area (Å²) in [6, 6.07) is 14.4. The zero-order valence-corrected chi connectivity index (χ0v) is 20.1. The van der Waals surface area contributed by atoms with E-state index in [0.717, 1.165) is 31.2 Å². The Balaban J connectivity index is 1.32. The summed E-state index contributed by atoms with van der Waals surface area (Å²) in [4.78, 5) is 27.8. The normalized spacial score (nSPS) is 14.3. The number of rotatable bonds is 5. The van der Waals surface area contributed by atoms with Crippen LogP contribution in [0.25, 0.3) is 10.8 Å². The SMILES string of the molecule is O=C(NN=Cc1c(O)n(Cc2ccc3c(c2)OCO3)c(=O)c2ccccc12)c1cc2c(s1)CCCC2. The molecular formula is C27H23N3O5S. The van der Waals surface area contributed by atoms with Gasteiger partial charge in [-0.2, -0.15) is 5.10 Å². The molecule has 2 aliphatic rings. The first-order valence-corrected chi connectivity index (χ1v) is 12.6. The molecule has 0 fully saturated rings. The van der Waals surface area contributed by atoms with Crippen molar-refractivity contribution < 1.29 is 19.4 Å². The van der Waals surface area contributed by atoms with Gasteiger partial charge >= 0.3 is 0 Å². The van der Waals surface area contributed by atoms with Crippen LogP contribution in [0.1, 0.15) is 44.1 Å². The van der Waals surface area contributed by atoms with Crippen LogP contribution in [0.15, 0.2) is 58.4 Å². The lowest BCUT2D eigenvalue weighted by atomic mass is 9.99. The Kier molecular flexibility index (Phi) is 5.69.